The van der Waals surface area contributed by atoms with Gasteiger partial charge in [0.2, 0.25) is 0 Å². The maximum atomic E-state index is 5.15. The van der Waals surface area contributed by atoms with E-state index in [0.717, 1.165) is 0 Å². The molecule has 0 aliphatic carbocycles. The van der Waals surface area contributed by atoms with Gasteiger partial charge in [-0.2, -0.15) is 0 Å². The zero-order valence-corrected chi connectivity index (χ0v) is 4.85. The summed E-state index contributed by atoms with van der Waals surface area (Å²) >= 11 is 5.15. The SMILES string of the molecule is C=CC(=C)Cl.Cl. The molecule has 0 rings (SSSR count). The van der Waals surface area contributed by atoms with Gasteiger partial charge in [-0.15, -0.1) is 12.4 Å². The first kappa shape index (κ1) is 9.41. The Balaban J connectivity index is 0. The Hall–Kier alpha value is 0.0600. The quantitative estimate of drug-likeness (QED) is 0.472. The molecule has 36 valence electrons. The first-order chi connectivity index (χ1) is 2.27. The lowest BCUT2D eigenvalue weighted by atomic mass is 10.6. The number of rotatable bonds is 1. The summed E-state index contributed by atoms with van der Waals surface area (Å²) in [6.45, 7) is 6.65. The van der Waals surface area contributed by atoms with Crippen molar-refractivity contribution in [3.05, 3.63) is 24.3 Å². The van der Waals surface area contributed by atoms with E-state index in [1.807, 2.05) is 0 Å². The third kappa shape index (κ3) is 8.96. The van der Waals surface area contributed by atoms with Crippen molar-refractivity contribution in [1.29, 1.82) is 0 Å². The molecule has 0 N–H and O–H groups in total. The molecule has 0 heterocycles. The molecule has 0 saturated heterocycles. The molecular weight excluding hydrogens is 119 g/mol. The van der Waals surface area contributed by atoms with Crippen LogP contribution in [0.2, 0.25) is 0 Å². The molecule has 0 unspecified atom stereocenters. The van der Waals surface area contributed by atoms with Gasteiger partial charge < -0.3 is 0 Å². The monoisotopic (exact) mass is 124 g/mol. The maximum Gasteiger partial charge on any atom is 0.0328 e. The van der Waals surface area contributed by atoms with E-state index in [9.17, 15) is 0 Å². The van der Waals surface area contributed by atoms with E-state index < -0.39 is 0 Å². The minimum atomic E-state index is 0. The predicted octanol–water partition coefficient (Wildman–Crippen LogP) is 2.35. The average Bonchev–Trinajstić information content (AvgIpc) is 1.38. The number of hydrogen-bond acceptors (Lipinski definition) is 0. The second-order valence-electron chi connectivity index (χ2n) is 0.651. The molecule has 0 bridgehead atoms. The fraction of sp³-hybridized carbons (Fsp3) is 0. The Morgan fingerprint density at radius 1 is 1.67 bits per heavy atom. The molecule has 0 amide bonds. The number of halogens is 2. The second-order valence-corrected chi connectivity index (χ2v) is 1.14. The topological polar surface area (TPSA) is 0 Å². The molecule has 0 aromatic heterocycles. The van der Waals surface area contributed by atoms with E-state index in [2.05, 4.69) is 13.2 Å². The van der Waals surface area contributed by atoms with E-state index in [1.54, 1.807) is 0 Å². The van der Waals surface area contributed by atoms with Crippen LogP contribution in [0.25, 0.3) is 0 Å². The Bertz CT molecular complexity index is 56.6. The molecule has 0 spiro atoms. The molecule has 6 heavy (non-hydrogen) atoms. The summed E-state index contributed by atoms with van der Waals surface area (Å²) in [4.78, 5) is 0. The van der Waals surface area contributed by atoms with Crippen molar-refractivity contribution in [1.82, 2.24) is 0 Å². The highest BCUT2D eigenvalue weighted by atomic mass is 35.5. The van der Waals surface area contributed by atoms with Gasteiger partial charge in [-0.3, -0.25) is 0 Å². The van der Waals surface area contributed by atoms with E-state index >= 15 is 0 Å². The standard InChI is InChI=1S/C4H5Cl.ClH/c1-3-4(2)5;/h3H,1-2H2;1H. The summed E-state index contributed by atoms with van der Waals surface area (Å²) < 4.78 is 0. The highest BCUT2D eigenvalue weighted by Crippen LogP contribution is 1.92. The zero-order chi connectivity index (χ0) is 4.28. The van der Waals surface area contributed by atoms with Crippen molar-refractivity contribution < 1.29 is 0 Å². The second kappa shape index (κ2) is 5.06. The molecule has 0 fully saturated rings. The van der Waals surface area contributed by atoms with Gasteiger partial charge in [0, 0.05) is 5.03 Å². The van der Waals surface area contributed by atoms with Gasteiger partial charge in [0.05, 0.1) is 0 Å². The summed E-state index contributed by atoms with van der Waals surface area (Å²) in [5, 5.41) is 0.491. The Kier molecular flexibility index (Phi) is 7.94. The molecule has 0 aromatic rings. The van der Waals surface area contributed by atoms with Crippen LogP contribution in [0, 0.1) is 0 Å². The van der Waals surface area contributed by atoms with Gasteiger partial charge in [-0.25, -0.2) is 0 Å². The van der Waals surface area contributed by atoms with Gasteiger partial charge in [0.25, 0.3) is 0 Å². The summed E-state index contributed by atoms with van der Waals surface area (Å²) in [6.07, 6.45) is 1.49. The lowest BCUT2D eigenvalue weighted by Gasteiger charge is -1.67. The van der Waals surface area contributed by atoms with Gasteiger partial charge >= 0.3 is 0 Å². The number of allylic oxidation sites excluding steroid dienone is 2. The minimum absolute atomic E-state index is 0. The molecular formula is C4H6Cl2. The van der Waals surface area contributed by atoms with Crippen LogP contribution in [0.4, 0.5) is 0 Å². The summed E-state index contributed by atoms with van der Waals surface area (Å²) in [7, 11) is 0. The summed E-state index contributed by atoms with van der Waals surface area (Å²) in [5.74, 6) is 0. The van der Waals surface area contributed by atoms with Crippen molar-refractivity contribution in [2.45, 2.75) is 0 Å². The van der Waals surface area contributed by atoms with Crippen LogP contribution in [0.15, 0.2) is 24.3 Å². The Morgan fingerprint density at radius 2 is 1.83 bits per heavy atom. The predicted molar refractivity (Wildman–Crippen MR) is 32.4 cm³/mol. The summed E-state index contributed by atoms with van der Waals surface area (Å²) in [5.41, 5.74) is 0. The molecule has 0 radical (unpaired) electrons. The first-order valence-corrected chi connectivity index (χ1v) is 1.62. The molecule has 0 nitrogen and oxygen atoms in total. The van der Waals surface area contributed by atoms with Crippen molar-refractivity contribution in [2.75, 3.05) is 0 Å². The Morgan fingerprint density at radius 3 is 1.83 bits per heavy atom. The van der Waals surface area contributed by atoms with Gasteiger partial charge in [0.15, 0.2) is 0 Å². The fourth-order valence-electron chi connectivity index (χ4n) is 0. The van der Waals surface area contributed by atoms with Gasteiger partial charge in [-0.1, -0.05) is 30.8 Å². The molecule has 0 aliphatic rings. The van der Waals surface area contributed by atoms with Crippen LogP contribution in [0.1, 0.15) is 0 Å². The average molecular weight is 125 g/mol. The van der Waals surface area contributed by atoms with Crippen molar-refractivity contribution in [3.63, 3.8) is 0 Å². The highest BCUT2D eigenvalue weighted by Gasteiger charge is 1.63. The van der Waals surface area contributed by atoms with Crippen LogP contribution in [-0.2, 0) is 0 Å². The summed E-state index contributed by atoms with van der Waals surface area (Å²) in [6, 6.07) is 0. The van der Waals surface area contributed by atoms with E-state index in [0.29, 0.717) is 5.03 Å². The van der Waals surface area contributed by atoms with Crippen LogP contribution in [-0.4, -0.2) is 0 Å². The van der Waals surface area contributed by atoms with Crippen LogP contribution < -0.4 is 0 Å². The van der Waals surface area contributed by atoms with Gasteiger partial charge in [-0.05, 0) is 0 Å². The number of hydrogen-bond donors (Lipinski definition) is 0. The smallest absolute Gasteiger partial charge is 0.0328 e. The first-order valence-electron chi connectivity index (χ1n) is 1.24. The van der Waals surface area contributed by atoms with E-state index in [1.165, 1.54) is 6.08 Å². The molecule has 0 aromatic carbocycles. The van der Waals surface area contributed by atoms with Crippen molar-refractivity contribution in [3.8, 4) is 0 Å². The Labute approximate surface area is 48.9 Å². The van der Waals surface area contributed by atoms with Crippen LogP contribution in [0.3, 0.4) is 0 Å². The van der Waals surface area contributed by atoms with Crippen LogP contribution >= 0.6 is 24.0 Å². The maximum absolute atomic E-state index is 5.15. The molecule has 2 heteroatoms. The fourth-order valence-corrected chi connectivity index (χ4v) is 0. The van der Waals surface area contributed by atoms with E-state index in [4.69, 9.17) is 11.6 Å². The third-order valence-corrected chi connectivity index (χ3v) is 0.376. The van der Waals surface area contributed by atoms with Crippen molar-refractivity contribution >= 4 is 24.0 Å². The van der Waals surface area contributed by atoms with E-state index in [-0.39, 0.29) is 12.4 Å². The highest BCUT2D eigenvalue weighted by molar-refractivity contribution is 6.30. The molecule has 0 aliphatic heterocycles. The minimum Gasteiger partial charge on any atom is -0.147 e. The largest absolute Gasteiger partial charge is 0.147 e. The third-order valence-electron chi connectivity index (χ3n) is 0.221. The molecule has 0 atom stereocenters. The lowest BCUT2D eigenvalue weighted by Crippen LogP contribution is -1.42. The van der Waals surface area contributed by atoms with Gasteiger partial charge in [0.1, 0.15) is 0 Å². The zero-order valence-electron chi connectivity index (χ0n) is 3.28. The molecule has 0 saturated carbocycles. The van der Waals surface area contributed by atoms with Crippen molar-refractivity contribution in [2.24, 2.45) is 0 Å². The van der Waals surface area contributed by atoms with Crippen LogP contribution in [0.5, 0.6) is 0 Å². The lowest BCUT2D eigenvalue weighted by molar-refractivity contribution is 2.04. The normalized spacial score (nSPS) is 5.50.